The maximum atomic E-state index is 12.2. The van der Waals surface area contributed by atoms with Crippen molar-refractivity contribution in [2.24, 2.45) is 11.8 Å². The minimum Gasteiger partial charge on any atom is -0.396 e. The SMILES string of the molecule is O=C(CC1CCCCC1)NC1CCC(C(=O)NCCCO)CC1. The van der Waals surface area contributed by atoms with Gasteiger partial charge in [0.2, 0.25) is 11.8 Å². The van der Waals surface area contributed by atoms with Gasteiger partial charge in [-0.3, -0.25) is 9.59 Å². The van der Waals surface area contributed by atoms with Crippen molar-refractivity contribution in [2.45, 2.75) is 76.7 Å². The van der Waals surface area contributed by atoms with Crippen LogP contribution < -0.4 is 10.6 Å². The van der Waals surface area contributed by atoms with Crippen LogP contribution in [-0.4, -0.2) is 36.1 Å². The second-order valence-electron chi connectivity index (χ2n) is 7.19. The Labute approximate surface area is 139 Å². The Morgan fingerprint density at radius 1 is 0.957 bits per heavy atom. The number of amides is 2. The van der Waals surface area contributed by atoms with E-state index in [1.54, 1.807) is 0 Å². The van der Waals surface area contributed by atoms with Crippen LogP contribution in [0.1, 0.15) is 70.6 Å². The Morgan fingerprint density at radius 2 is 1.65 bits per heavy atom. The smallest absolute Gasteiger partial charge is 0.223 e. The highest BCUT2D eigenvalue weighted by Gasteiger charge is 2.27. The third kappa shape index (κ3) is 6.50. The summed E-state index contributed by atoms with van der Waals surface area (Å²) in [5.74, 6) is 0.954. The molecule has 5 heteroatoms. The average Bonchev–Trinajstić information content (AvgIpc) is 2.56. The number of carbonyl (C=O) groups excluding carboxylic acids is 2. The van der Waals surface area contributed by atoms with Gasteiger partial charge in [0.15, 0.2) is 0 Å². The molecule has 0 saturated heterocycles. The van der Waals surface area contributed by atoms with Crippen LogP contribution in [0.4, 0.5) is 0 Å². The summed E-state index contributed by atoms with van der Waals surface area (Å²) >= 11 is 0. The Bertz CT molecular complexity index is 372. The first kappa shape index (κ1) is 18.2. The van der Waals surface area contributed by atoms with E-state index in [1.807, 2.05) is 0 Å². The molecule has 2 fully saturated rings. The van der Waals surface area contributed by atoms with Crippen molar-refractivity contribution >= 4 is 11.8 Å². The Balaban J connectivity index is 1.62. The Hall–Kier alpha value is -1.10. The molecule has 0 bridgehead atoms. The molecule has 2 amide bonds. The van der Waals surface area contributed by atoms with Gasteiger partial charge < -0.3 is 15.7 Å². The van der Waals surface area contributed by atoms with Crippen molar-refractivity contribution < 1.29 is 14.7 Å². The van der Waals surface area contributed by atoms with E-state index in [1.165, 1.54) is 32.1 Å². The van der Waals surface area contributed by atoms with E-state index >= 15 is 0 Å². The molecule has 2 rings (SSSR count). The molecule has 0 heterocycles. The highest BCUT2D eigenvalue weighted by atomic mass is 16.3. The second kappa shape index (κ2) is 9.91. The molecule has 132 valence electrons. The lowest BCUT2D eigenvalue weighted by Gasteiger charge is -2.29. The number of aliphatic hydroxyl groups is 1. The maximum absolute atomic E-state index is 12.2. The molecule has 0 aromatic carbocycles. The molecule has 2 saturated carbocycles. The summed E-state index contributed by atoms with van der Waals surface area (Å²) in [5.41, 5.74) is 0. The molecule has 5 nitrogen and oxygen atoms in total. The van der Waals surface area contributed by atoms with E-state index in [-0.39, 0.29) is 30.4 Å². The first-order chi connectivity index (χ1) is 11.2. The van der Waals surface area contributed by atoms with Gasteiger partial charge >= 0.3 is 0 Å². The average molecular weight is 324 g/mol. The minimum atomic E-state index is 0.0696. The summed E-state index contributed by atoms with van der Waals surface area (Å²) in [7, 11) is 0. The molecule has 0 spiro atoms. The fourth-order valence-electron chi connectivity index (χ4n) is 3.87. The summed E-state index contributed by atoms with van der Waals surface area (Å²) in [6, 6.07) is 0.243. The lowest BCUT2D eigenvalue weighted by atomic mass is 9.84. The number of hydrogen-bond donors (Lipinski definition) is 3. The van der Waals surface area contributed by atoms with E-state index in [0.29, 0.717) is 25.3 Å². The fraction of sp³-hybridized carbons (Fsp3) is 0.889. The zero-order chi connectivity index (χ0) is 16.5. The quantitative estimate of drug-likeness (QED) is 0.628. The van der Waals surface area contributed by atoms with Crippen molar-refractivity contribution in [1.82, 2.24) is 10.6 Å². The molecule has 0 aromatic rings. The third-order valence-electron chi connectivity index (χ3n) is 5.30. The van der Waals surface area contributed by atoms with Gasteiger partial charge in [0.05, 0.1) is 0 Å². The topological polar surface area (TPSA) is 78.4 Å². The van der Waals surface area contributed by atoms with Crippen LogP contribution in [0.5, 0.6) is 0 Å². The summed E-state index contributed by atoms with van der Waals surface area (Å²) in [6.07, 6.45) is 11.1. The monoisotopic (exact) mass is 324 g/mol. The number of carbonyl (C=O) groups is 2. The molecule has 2 aliphatic rings. The van der Waals surface area contributed by atoms with E-state index in [4.69, 9.17) is 5.11 Å². The van der Waals surface area contributed by atoms with Gasteiger partial charge in [-0.05, 0) is 50.9 Å². The van der Waals surface area contributed by atoms with Gasteiger partial charge in [-0.2, -0.15) is 0 Å². The Morgan fingerprint density at radius 3 is 2.30 bits per heavy atom. The molecular weight excluding hydrogens is 292 g/mol. The lowest BCUT2D eigenvalue weighted by Crippen LogP contribution is -2.41. The van der Waals surface area contributed by atoms with E-state index in [9.17, 15) is 9.59 Å². The van der Waals surface area contributed by atoms with Crippen LogP contribution in [0, 0.1) is 11.8 Å². The molecule has 0 unspecified atom stereocenters. The predicted molar refractivity (Wildman–Crippen MR) is 89.8 cm³/mol. The maximum Gasteiger partial charge on any atom is 0.223 e. The van der Waals surface area contributed by atoms with Crippen LogP contribution in [0.25, 0.3) is 0 Å². The molecule has 0 atom stereocenters. The number of nitrogens with one attached hydrogen (secondary N) is 2. The predicted octanol–water partition coefficient (Wildman–Crippen LogP) is 2.13. The van der Waals surface area contributed by atoms with E-state index in [0.717, 1.165) is 25.7 Å². The normalized spacial score (nSPS) is 25.8. The van der Waals surface area contributed by atoms with Crippen LogP contribution in [0.15, 0.2) is 0 Å². The molecule has 2 aliphatic carbocycles. The minimum absolute atomic E-state index is 0.0696. The number of hydrogen-bond acceptors (Lipinski definition) is 3. The number of aliphatic hydroxyl groups excluding tert-OH is 1. The van der Waals surface area contributed by atoms with E-state index in [2.05, 4.69) is 10.6 Å². The highest BCUT2D eigenvalue weighted by molar-refractivity contribution is 5.79. The van der Waals surface area contributed by atoms with Crippen LogP contribution in [-0.2, 0) is 9.59 Å². The van der Waals surface area contributed by atoms with Gasteiger partial charge in [-0.25, -0.2) is 0 Å². The first-order valence-corrected chi connectivity index (χ1v) is 9.37. The second-order valence-corrected chi connectivity index (χ2v) is 7.19. The summed E-state index contributed by atoms with van der Waals surface area (Å²) < 4.78 is 0. The standard InChI is InChI=1S/C18H32N2O3/c21-12-4-11-19-18(23)15-7-9-16(10-8-15)20-17(22)13-14-5-2-1-3-6-14/h14-16,21H,1-13H2,(H,19,23)(H,20,22). The molecule has 0 aliphatic heterocycles. The van der Waals surface area contributed by atoms with Gasteiger partial charge in [0.1, 0.15) is 0 Å². The first-order valence-electron chi connectivity index (χ1n) is 9.37. The molecule has 0 radical (unpaired) electrons. The Kier molecular flexibility index (Phi) is 7.86. The van der Waals surface area contributed by atoms with Crippen LogP contribution in [0.3, 0.4) is 0 Å². The number of rotatable bonds is 7. The van der Waals surface area contributed by atoms with Crippen molar-refractivity contribution in [3.05, 3.63) is 0 Å². The zero-order valence-corrected chi connectivity index (χ0v) is 14.2. The zero-order valence-electron chi connectivity index (χ0n) is 14.2. The van der Waals surface area contributed by atoms with Crippen LogP contribution in [0.2, 0.25) is 0 Å². The largest absolute Gasteiger partial charge is 0.396 e. The lowest BCUT2D eigenvalue weighted by molar-refractivity contribution is -0.126. The van der Waals surface area contributed by atoms with Gasteiger partial charge in [-0.1, -0.05) is 19.3 Å². The fourth-order valence-corrected chi connectivity index (χ4v) is 3.87. The van der Waals surface area contributed by atoms with Crippen molar-refractivity contribution in [3.63, 3.8) is 0 Å². The molecule has 23 heavy (non-hydrogen) atoms. The van der Waals surface area contributed by atoms with Crippen molar-refractivity contribution in [2.75, 3.05) is 13.2 Å². The summed E-state index contributed by atoms with van der Waals surface area (Å²) in [6.45, 7) is 0.660. The molecule has 3 N–H and O–H groups in total. The molecule has 0 aromatic heterocycles. The van der Waals surface area contributed by atoms with Crippen LogP contribution >= 0.6 is 0 Å². The van der Waals surface area contributed by atoms with Gasteiger partial charge in [0.25, 0.3) is 0 Å². The van der Waals surface area contributed by atoms with Crippen molar-refractivity contribution in [3.8, 4) is 0 Å². The van der Waals surface area contributed by atoms with Crippen molar-refractivity contribution in [1.29, 1.82) is 0 Å². The van der Waals surface area contributed by atoms with E-state index < -0.39 is 0 Å². The summed E-state index contributed by atoms with van der Waals surface area (Å²) in [5, 5.41) is 14.8. The highest BCUT2D eigenvalue weighted by Crippen LogP contribution is 2.27. The third-order valence-corrected chi connectivity index (χ3v) is 5.30. The molecular formula is C18H32N2O3. The van der Waals surface area contributed by atoms with Gasteiger partial charge in [-0.15, -0.1) is 0 Å². The van der Waals surface area contributed by atoms with Gasteiger partial charge in [0, 0.05) is 31.5 Å². The summed E-state index contributed by atoms with van der Waals surface area (Å²) in [4.78, 5) is 24.1.